The van der Waals surface area contributed by atoms with Crippen LogP contribution in [0.2, 0.25) is 0 Å². The molecule has 0 spiro atoms. The van der Waals surface area contributed by atoms with Gasteiger partial charge in [0.25, 0.3) is 0 Å². The molecule has 0 N–H and O–H groups in total. The zero-order valence-electron chi connectivity index (χ0n) is 10.4. The van der Waals surface area contributed by atoms with Crippen molar-refractivity contribution in [3.8, 4) is 0 Å². The molecule has 0 aromatic rings. The molecule has 2 bridgehead atoms. The summed E-state index contributed by atoms with van der Waals surface area (Å²) >= 11 is 0. The molecule has 0 radical (unpaired) electrons. The van der Waals surface area contributed by atoms with Crippen LogP contribution in [0.4, 0.5) is 0 Å². The highest BCUT2D eigenvalue weighted by Gasteiger charge is 2.34. The average molecular weight is 208 g/mol. The van der Waals surface area contributed by atoms with E-state index in [-0.39, 0.29) is 5.60 Å². The van der Waals surface area contributed by atoms with Gasteiger partial charge < -0.3 is 4.74 Å². The summed E-state index contributed by atoms with van der Waals surface area (Å²) in [7, 11) is 0. The molecule has 2 aliphatic rings. The minimum absolute atomic E-state index is 0.0358. The normalized spacial score (nSPS) is 37.3. The number of ether oxygens (including phenoxy) is 1. The van der Waals surface area contributed by atoms with Crippen LogP contribution in [0, 0.1) is 5.92 Å². The van der Waals surface area contributed by atoms with Crippen molar-refractivity contribution in [3.05, 3.63) is 11.6 Å². The van der Waals surface area contributed by atoms with Crippen molar-refractivity contribution in [1.82, 2.24) is 0 Å². The second kappa shape index (κ2) is 4.29. The van der Waals surface area contributed by atoms with Crippen molar-refractivity contribution in [1.29, 1.82) is 0 Å². The Labute approximate surface area is 93.9 Å². The topological polar surface area (TPSA) is 9.23 Å². The predicted molar refractivity (Wildman–Crippen MR) is 63.9 cm³/mol. The maximum absolute atomic E-state index is 6.19. The second-order valence-electron chi connectivity index (χ2n) is 5.62. The molecule has 1 nitrogen and oxygen atoms in total. The van der Waals surface area contributed by atoms with Crippen molar-refractivity contribution >= 4 is 0 Å². The molecule has 2 rings (SSSR count). The molecule has 1 heteroatoms. The molecular formula is C14H24O. The quantitative estimate of drug-likeness (QED) is 0.635. The van der Waals surface area contributed by atoms with Crippen molar-refractivity contribution in [2.45, 2.75) is 71.0 Å². The van der Waals surface area contributed by atoms with E-state index in [2.05, 4.69) is 26.8 Å². The van der Waals surface area contributed by atoms with E-state index in [9.17, 15) is 0 Å². The summed E-state index contributed by atoms with van der Waals surface area (Å²) in [4.78, 5) is 0. The van der Waals surface area contributed by atoms with Gasteiger partial charge in [-0.2, -0.15) is 0 Å². The van der Waals surface area contributed by atoms with E-state index in [1.807, 2.05) is 0 Å². The first-order chi connectivity index (χ1) is 7.11. The van der Waals surface area contributed by atoms with Gasteiger partial charge >= 0.3 is 0 Å². The molecule has 0 amide bonds. The van der Waals surface area contributed by atoms with Gasteiger partial charge in [0.1, 0.15) is 0 Å². The van der Waals surface area contributed by atoms with E-state index in [0.717, 1.165) is 12.3 Å². The molecule has 86 valence electrons. The maximum Gasteiger partial charge on any atom is 0.0843 e. The van der Waals surface area contributed by atoms with Crippen LogP contribution in [0.1, 0.15) is 59.3 Å². The molecule has 1 fully saturated rings. The smallest absolute Gasteiger partial charge is 0.0843 e. The van der Waals surface area contributed by atoms with Gasteiger partial charge in [-0.05, 0) is 58.3 Å². The largest absolute Gasteiger partial charge is 0.368 e. The maximum atomic E-state index is 6.19. The van der Waals surface area contributed by atoms with Gasteiger partial charge in [-0.3, -0.25) is 0 Å². The Morgan fingerprint density at radius 3 is 3.07 bits per heavy atom. The van der Waals surface area contributed by atoms with E-state index in [1.165, 1.54) is 32.1 Å². The first-order valence-corrected chi connectivity index (χ1v) is 6.50. The fourth-order valence-electron chi connectivity index (χ4n) is 3.19. The molecule has 2 aliphatic carbocycles. The van der Waals surface area contributed by atoms with Gasteiger partial charge in [-0.15, -0.1) is 0 Å². The van der Waals surface area contributed by atoms with Crippen molar-refractivity contribution in [2.75, 3.05) is 0 Å². The molecular weight excluding hydrogens is 184 g/mol. The minimum atomic E-state index is 0.0358. The predicted octanol–water partition coefficient (Wildman–Crippen LogP) is 4.08. The molecule has 3 unspecified atom stereocenters. The highest BCUT2D eigenvalue weighted by molar-refractivity contribution is 5.18. The molecule has 0 heterocycles. The Kier molecular flexibility index (Phi) is 3.20. The Morgan fingerprint density at radius 1 is 1.60 bits per heavy atom. The summed E-state index contributed by atoms with van der Waals surface area (Å²) in [5.74, 6) is 0.896. The fourth-order valence-corrected chi connectivity index (χ4v) is 3.19. The van der Waals surface area contributed by atoms with Gasteiger partial charge in [0.2, 0.25) is 0 Å². The summed E-state index contributed by atoms with van der Waals surface area (Å²) in [5.41, 5.74) is 1.69. The summed E-state index contributed by atoms with van der Waals surface area (Å²) in [6, 6.07) is 0. The lowest BCUT2D eigenvalue weighted by atomic mass is 9.73. The lowest BCUT2D eigenvalue weighted by Crippen LogP contribution is -2.37. The Balaban J connectivity index is 2.08. The second-order valence-corrected chi connectivity index (χ2v) is 5.62. The summed E-state index contributed by atoms with van der Waals surface area (Å²) in [6.45, 7) is 6.66. The Morgan fingerprint density at radius 2 is 2.40 bits per heavy atom. The van der Waals surface area contributed by atoms with Gasteiger partial charge in [0.05, 0.1) is 11.7 Å². The van der Waals surface area contributed by atoms with Gasteiger partial charge in [-0.25, -0.2) is 0 Å². The zero-order chi connectivity index (χ0) is 10.9. The van der Waals surface area contributed by atoms with Gasteiger partial charge in [0.15, 0.2) is 0 Å². The SMILES string of the molecule is CCC(C)OC1(C)C=C2CCCC(C2)C1. The number of hydrogen-bond donors (Lipinski definition) is 0. The standard InChI is InChI=1S/C14H24O/c1-4-11(2)15-14(3)9-12-6-5-7-13(8-12)10-14/h9,11,13H,4-8,10H2,1-3H3. The summed E-state index contributed by atoms with van der Waals surface area (Å²) < 4.78 is 6.19. The number of fused-ring (bicyclic) bond motifs is 2. The molecule has 1 saturated carbocycles. The van der Waals surface area contributed by atoms with Crippen LogP contribution in [0.5, 0.6) is 0 Å². The van der Waals surface area contributed by atoms with Crippen LogP contribution in [0.25, 0.3) is 0 Å². The van der Waals surface area contributed by atoms with Crippen LogP contribution in [0.15, 0.2) is 11.6 Å². The average Bonchev–Trinajstić information content (AvgIpc) is 2.16. The van der Waals surface area contributed by atoms with Crippen LogP contribution in [-0.2, 0) is 4.74 Å². The number of allylic oxidation sites excluding steroid dienone is 1. The summed E-state index contributed by atoms with van der Waals surface area (Å²) in [6.07, 6.45) is 10.6. The van der Waals surface area contributed by atoms with Crippen molar-refractivity contribution in [3.63, 3.8) is 0 Å². The summed E-state index contributed by atoms with van der Waals surface area (Å²) in [5, 5.41) is 0. The fraction of sp³-hybridized carbons (Fsp3) is 0.857. The lowest BCUT2D eigenvalue weighted by molar-refractivity contribution is -0.0646. The first-order valence-electron chi connectivity index (χ1n) is 6.50. The van der Waals surface area contributed by atoms with Gasteiger partial charge in [0, 0.05) is 0 Å². The molecule has 0 saturated heterocycles. The number of hydrogen-bond acceptors (Lipinski definition) is 1. The highest BCUT2D eigenvalue weighted by atomic mass is 16.5. The molecule has 0 aromatic carbocycles. The van der Waals surface area contributed by atoms with Crippen molar-refractivity contribution in [2.24, 2.45) is 5.92 Å². The van der Waals surface area contributed by atoms with E-state index in [1.54, 1.807) is 5.57 Å². The lowest BCUT2D eigenvalue weighted by Gasteiger charge is -2.40. The molecule has 15 heavy (non-hydrogen) atoms. The molecule has 0 aromatic heterocycles. The van der Waals surface area contributed by atoms with Crippen LogP contribution in [-0.4, -0.2) is 11.7 Å². The van der Waals surface area contributed by atoms with E-state index in [0.29, 0.717) is 6.10 Å². The van der Waals surface area contributed by atoms with Crippen molar-refractivity contribution < 1.29 is 4.74 Å². The molecule has 3 atom stereocenters. The van der Waals surface area contributed by atoms with Crippen LogP contribution >= 0.6 is 0 Å². The molecule has 0 aliphatic heterocycles. The van der Waals surface area contributed by atoms with E-state index in [4.69, 9.17) is 4.74 Å². The van der Waals surface area contributed by atoms with E-state index < -0.39 is 0 Å². The Hall–Kier alpha value is -0.300. The van der Waals surface area contributed by atoms with Crippen LogP contribution in [0.3, 0.4) is 0 Å². The Bertz CT molecular complexity index is 256. The van der Waals surface area contributed by atoms with E-state index >= 15 is 0 Å². The zero-order valence-corrected chi connectivity index (χ0v) is 10.4. The third-order valence-electron chi connectivity index (χ3n) is 3.91. The third-order valence-corrected chi connectivity index (χ3v) is 3.91. The van der Waals surface area contributed by atoms with Crippen LogP contribution < -0.4 is 0 Å². The van der Waals surface area contributed by atoms with Gasteiger partial charge in [-0.1, -0.05) is 18.6 Å². The monoisotopic (exact) mass is 208 g/mol. The number of rotatable bonds is 3. The first kappa shape index (κ1) is 11.2. The third kappa shape index (κ3) is 2.63. The highest BCUT2D eigenvalue weighted by Crippen LogP contribution is 2.42. The minimum Gasteiger partial charge on any atom is -0.368 e.